The van der Waals surface area contributed by atoms with Crippen molar-refractivity contribution in [3.8, 4) is 0 Å². The highest BCUT2D eigenvalue weighted by molar-refractivity contribution is 5.89. The summed E-state index contributed by atoms with van der Waals surface area (Å²) in [6.45, 7) is 0.933. The number of anilines is 1. The van der Waals surface area contributed by atoms with Crippen molar-refractivity contribution in [1.82, 2.24) is 4.90 Å². The molecule has 0 saturated carbocycles. The topological polar surface area (TPSA) is 58.4 Å². The number of nitrogens with one attached hydrogen (secondary N) is 1. The van der Waals surface area contributed by atoms with Crippen molar-refractivity contribution in [2.24, 2.45) is 5.73 Å². The number of urea groups is 1. The number of hydrogen-bond donors (Lipinski definition) is 2. The zero-order chi connectivity index (χ0) is 15.5. The molecule has 7 heteroatoms. The number of carbonyl (C=O) groups is 1. The molecular weight excluding hydrogens is 283 g/mol. The van der Waals surface area contributed by atoms with E-state index in [-0.39, 0.29) is 11.7 Å². The van der Waals surface area contributed by atoms with E-state index in [2.05, 4.69) is 5.32 Å². The molecule has 2 rings (SSSR count). The largest absolute Gasteiger partial charge is 0.416 e. The van der Waals surface area contributed by atoms with Crippen LogP contribution in [0.3, 0.4) is 0 Å². The predicted octanol–water partition coefficient (Wildman–Crippen LogP) is 3.05. The van der Waals surface area contributed by atoms with Crippen molar-refractivity contribution in [1.29, 1.82) is 0 Å². The predicted molar refractivity (Wildman–Crippen MR) is 73.9 cm³/mol. The van der Waals surface area contributed by atoms with Crippen LogP contribution in [0.1, 0.15) is 24.8 Å². The molecular formula is C14H18F3N3O. The Bertz CT molecular complexity index is 504. The van der Waals surface area contributed by atoms with E-state index in [1.54, 1.807) is 4.90 Å². The van der Waals surface area contributed by atoms with Gasteiger partial charge in [0.05, 0.1) is 5.56 Å². The first-order chi connectivity index (χ1) is 9.91. The number of nitrogens with two attached hydrogens (primary N) is 1. The number of likely N-dealkylation sites (tertiary alicyclic amines) is 1. The lowest BCUT2D eigenvalue weighted by molar-refractivity contribution is -0.137. The number of amides is 2. The van der Waals surface area contributed by atoms with Gasteiger partial charge in [0.1, 0.15) is 0 Å². The van der Waals surface area contributed by atoms with Gasteiger partial charge in [-0.2, -0.15) is 13.2 Å². The molecule has 1 fully saturated rings. The summed E-state index contributed by atoms with van der Waals surface area (Å²) >= 11 is 0. The van der Waals surface area contributed by atoms with E-state index in [4.69, 9.17) is 5.73 Å². The lowest BCUT2D eigenvalue weighted by Crippen LogP contribution is -2.49. The Hall–Kier alpha value is -1.76. The summed E-state index contributed by atoms with van der Waals surface area (Å²) in [4.78, 5) is 13.8. The Morgan fingerprint density at radius 3 is 2.81 bits per heavy atom. The van der Waals surface area contributed by atoms with Crippen LogP contribution in [0.25, 0.3) is 0 Å². The van der Waals surface area contributed by atoms with Crippen molar-refractivity contribution < 1.29 is 18.0 Å². The fourth-order valence-electron chi connectivity index (χ4n) is 2.48. The van der Waals surface area contributed by atoms with Gasteiger partial charge < -0.3 is 16.0 Å². The number of piperidine rings is 1. The number of nitrogens with zero attached hydrogens (tertiary/aromatic N) is 1. The lowest BCUT2D eigenvalue weighted by Gasteiger charge is -2.35. The molecule has 3 N–H and O–H groups in total. The van der Waals surface area contributed by atoms with Gasteiger partial charge in [-0.1, -0.05) is 6.07 Å². The van der Waals surface area contributed by atoms with Gasteiger partial charge in [0, 0.05) is 24.8 Å². The molecule has 0 aliphatic carbocycles. The zero-order valence-corrected chi connectivity index (χ0v) is 11.5. The van der Waals surface area contributed by atoms with Gasteiger partial charge in [-0.25, -0.2) is 4.79 Å². The lowest BCUT2D eigenvalue weighted by atomic mass is 10.0. The Balaban J connectivity index is 2.08. The summed E-state index contributed by atoms with van der Waals surface area (Å²) in [5.41, 5.74) is 4.99. The van der Waals surface area contributed by atoms with Crippen molar-refractivity contribution in [3.05, 3.63) is 29.8 Å². The van der Waals surface area contributed by atoms with Gasteiger partial charge in [-0.15, -0.1) is 0 Å². The monoisotopic (exact) mass is 301 g/mol. The van der Waals surface area contributed by atoms with Gasteiger partial charge in [0.2, 0.25) is 0 Å². The van der Waals surface area contributed by atoms with Crippen LogP contribution >= 0.6 is 0 Å². The normalized spacial score (nSPS) is 19.4. The first-order valence-corrected chi connectivity index (χ1v) is 6.87. The minimum absolute atomic E-state index is 0.0513. The first-order valence-electron chi connectivity index (χ1n) is 6.87. The molecule has 0 bridgehead atoms. The summed E-state index contributed by atoms with van der Waals surface area (Å²) < 4.78 is 37.9. The van der Waals surface area contributed by atoms with Crippen LogP contribution in [0.4, 0.5) is 23.7 Å². The maximum Gasteiger partial charge on any atom is 0.416 e. The third-order valence-electron chi connectivity index (χ3n) is 3.60. The maximum absolute atomic E-state index is 12.6. The number of hydrogen-bond acceptors (Lipinski definition) is 2. The van der Waals surface area contributed by atoms with Gasteiger partial charge in [-0.3, -0.25) is 0 Å². The Morgan fingerprint density at radius 1 is 1.38 bits per heavy atom. The molecule has 21 heavy (non-hydrogen) atoms. The molecule has 116 valence electrons. The number of halogens is 3. The SMILES string of the molecule is NCC1CCCCN1C(=O)Nc1cccc(C(F)(F)F)c1. The summed E-state index contributed by atoms with van der Waals surface area (Å²) in [5, 5.41) is 2.52. The summed E-state index contributed by atoms with van der Waals surface area (Å²) in [6, 6.07) is 4.16. The number of benzene rings is 1. The molecule has 1 aromatic rings. The summed E-state index contributed by atoms with van der Waals surface area (Å²) in [6.07, 6.45) is -1.71. The minimum Gasteiger partial charge on any atom is -0.328 e. The average Bonchev–Trinajstić information content (AvgIpc) is 2.46. The molecule has 2 amide bonds. The molecule has 0 spiro atoms. The fraction of sp³-hybridized carbons (Fsp3) is 0.500. The van der Waals surface area contributed by atoms with Crippen molar-refractivity contribution in [3.63, 3.8) is 0 Å². The summed E-state index contributed by atoms with van der Waals surface area (Å²) in [7, 11) is 0. The minimum atomic E-state index is -4.42. The fourth-order valence-corrected chi connectivity index (χ4v) is 2.48. The Labute approximate surface area is 121 Å². The molecule has 1 aliphatic rings. The Kier molecular flexibility index (Phi) is 4.72. The van der Waals surface area contributed by atoms with Crippen LogP contribution in [0.5, 0.6) is 0 Å². The third-order valence-corrected chi connectivity index (χ3v) is 3.60. The Morgan fingerprint density at radius 2 is 2.14 bits per heavy atom. The molecule has 1 aliphatic heterocycles. The van der Waals surface area contributed by atoms with E-state index in [1.807, 2.05) is 0 Å². The van der Waals surface area contributed by atoms with E-state index in [0.29, 0.717) is 13.1 Å². The highest BCUT2D eigenvalue weighted by atomic mass is 19.4. The van der Waals surface area contributed by atoms with E-state index in [1.165, 1.54) is 12.1 Å². The van der Waals surface area contributed by atoms with Crippen LogP contribution < -0.4 is 11.1 Å². The quantitative estimate of drug-likeness (QED) is 0.882. The molecule has 0 aromatic heterocycles. The zero-order valence-electron chi connectivity index (χ0n) is 11.5. The average molecular weight is 301 g/mol. The van der Waals surface area contributed by atoms with Gasteiger partial charge >= 0.3 is 12.2 Å². The smallest absolute Gasteiger partial charge is 0.328 e. The van der Waals surface area contributed by atoms with Crippen LogP contribution in [-0.4, -0.2) is 30.1 Å². The van der Waals surface area contributed by atoms with Crippen molar-refractivity contribution in [2.45, 2.75) is 31.5 Å². The molecule has 1 aromatic carbocycles. The highest BCUT2D eigenvalue weighted by Gasteiger charge is 2.31. The van der Waals surface area contributed by atoms with E-state index in [0.717, 1.165) is 31.4 Å². The van der Waals surface area contributed by atoms with Gasteiger partial charge in [0.15, 0.2) is 0 Å². The van der Waals surface area contributed by atoms with Crippen LogP contribution in [-0.2, 0) is 6.18 Å². The standard InChI is InChI=1S/C14H18F3N3O/c15-14(16,17)10-4-3-5-11(8-10)19-13(21)20-7-2-1-6-12(20)9-18/h3-5,8,12H,1-2,6-7,9,18H2,(H,19,21). The maximum atomic E-state index is 12.6. The van der Waals surface area contributed by atoms with E-state index in [9.17, 15) is 18.0 Å². The van der Waals surface area contributed by atoms with E-state index < -0.39 is 17.8 Å². The second kappa shape index (κ2) is 6.34. The molecule has 1 saturated heterocycles. The number of carbonyl (C=O) groups excluding carboxylic acids is 1. The number of rotatable bonds is 2. The third kappa shape index (κ3) is 3.87. The number of alkyl halides is 3. The molecule has 1 unspecified atom stereocenters. The van der Waals surface area contributed by atoms with Gasteiger partial charge in [0.25, 0.3) is 0 Å². The van der Waals surface area contributed by atoms with Gasteiger partial charge in [-0.05, 0) is 37.5 Å². The summed E-state index contributed by atoms with van der Waals surface area (Å²) in [5.74, 6) is 0. The van der Waals surface area contributed by atoms with Crippen LogP contribution in [0.15, 0.2) is 24.3 Å². The molecule has 4 nitrogen and oxygen atoms in total. The molecule has 0 radical (unpaired) electrons. The van der Waals surface area contributed by atoms with E-state index >= 15 is 0 Å². The second-order valence-corrected chi connectivity index (χ2v) is 5.09. The van der Waals surface area contributed by atoms with Crippen molar-refractivity contribution in [2.75, 3.05) is 18.4 Å². The van der Waals surface area contributed by atoms with Crippen LogP contribution in [0.2, 0.25) is 0 Å². The second-order valence-electron chi connectivity index (χ2n) is 5.09. The van der Waals surface area contributed by atoms with Crippen molar-refractivity contribution >= 4 is 11.7 Å². The highest BCUT2D eigenvalue weighted by Crippen LogP contribution is 2.30. The van der Waals surface area contributed by atoms with Crippen LogP contribution in [0, 0.1) is 0 Å². The molecule has 1 atom stereocenters. The first kappa shape index (κ1) is 15.6. The molecule has 1 heterocycles.